The van der Waals surface area contributed by atoms with Gasteiger partial charge in [-0.3, -0.25) is 0 Å². The van der Waals surface area contributed by atoms with E-state index in [9.17, 15) is 8.78 Å². The van der Waals surface area contributed by atoms with E-state index in [0.717, 1.165) is 37.0 Å². The van der Waals surface area contributed by atoms with Crippen molar-refractivity contribution < 1.29 is 8.78 Å². The summed E-state index contributed by atoms with van der Waals surface area (Å²) < 4.78 is 29.9. The van der Waals surface area contributed by atoms with E-state index in [2.05, 4.69) is 20.8 Å². The van der Waals surface area contributed by atoms with Crippen LogP contribution < -0.4 is 0 Å². The molecule has 2 heteroatoms. The lowest BCUT2D eigenvalue weighted by atomic mass is 9.68. The quantitative estimate of drug-likeness (QED) is 0.323. The Kier molecular flexibility index (Phi) is 9.85. The Morgan fingerprint density at radius 2 is 1.45 bits per heavy atom. The third-order valence-electron chi connectivity index (χ3n) is 8.53. The standard InChI is InChI=1S/C29H46F2/c1-4-6-7-9-21(3)20-26-18-19-27(29(31)28(26)30)25-16-14-24(15-17-25)23-12-10-22(8-5-2)11-13-23/h18-19,21-25H,4-17,20H2,1-3H3. The fourth-order valence-corrected chi connectivity index (χ4v) is 6.56. The van der Waals surface area contributed by atoms with Crippen LogP contribution in [0.2, 0.25) is 0 Å². The molecule has 3 rings (SSSR count). The van der Waals surface area contributed by atoms with Gasteiger partial charge in [-0.1, -0.05) is 84.3 Å². The molecule has 176 valence electrons. The van der Waals surface area contributed by atoms with Crippen molar-refractivity contribution in [3.63, 3.8) is 0 Å². The number of benzene rings is 1. The Balaban J connectivity index is 1.52. The molecule has 0 aromatic heterocycles. The van der Waals surface area contributed by atoms with Crippen LogP contribution in [0.25, 0.3) is 0 Å². The zero-order valence-corrected chi connectivity index (χ0v) is 20.4. The van der Waals surface area contributed by atoms with Crippen molar-refractivity contribution in [1.29, 1.82) is 0 Å². The molecule has 0 radical (unpaired) electrons. The molecule has 0 N–H and O–H groups in total. The minimum atomic E-state index is -0.573. The van der Waals surface area contributed by atoms with Gasteiger partial charge in [0.2, 0.25) is 0 Å². The minimum Gasteiger partial charge on any atom is -0.203 e. The highest BCUT2D eigenvalue weighted by Gasteiger charge is 2.32. The van der Waals surface area contributed by atoms with Gasteiger partial charge in [0.05, 0.1) is 0 Å². The van der Waals surface area contributed by atoms with Crippen molar-refractivity contribution in [2.45, 2.75) is 123 Å². The van der Waals surface area contributed by atoms with Gasteiger partial charge >= 0.3 is 0 Å². The van der Waals surface area contributed by atoms with Crippen molar-refractivity contribution in [3.8, 4) is 0 Å². The maximum Gasteiger partial charge on any atom is 0.162 e. The Hall–Kier alpha value is -0.920. The second-order valence-corrected chi connectivity index (χ2v) is 10.9. The van der Waals surface area contributed by atoms with Crippen LogP contribution in [0.15, 0.2) is 12.1 Å². The summed E-state index contributed by atoms with van der Waals surface area (Å²) in [4.78, 5) is 0. The Morgan fingerprint density at radius 1 is 0.806 bits per heavy atom. The zero-order chi connectivity index (χ0) is 22.2. The molecule has 0 amide bonds. The molecule has 0 spiro atoms. The van der Waals surface area contributed by atoms with E-state index >= 15 is 0 Å². The topological polar surface area (TPSA) is 0 Å². The van der Waals surface area contributed by atoms with Crippen LogP contribution in [0, 0.1) is 35.3 Å². The van der Waals surface area contributed by atoms with Gasteiger partial charge < -0.3 is 0 Å². The zero-order valence-electron chi connectivity index (χ0n) is 20.4. The Morgan fingerprint density at radius 3 is 2.06 bits per heavy atom. The molecule has 2 aliphatic rings. The fourth-order valence-electron chi connectivity index (χ4n) is 6.56. The van der Waals surface area contributed by atoms with Crippen molar-refractivity contribution >= 4 is 0 Å². The predicted octanol–water partition coefficient (Wildman–Crippen LogP) is 9.60. The molecule has 2 saturated carbocycles. The van der Waals surface area contributed by atoms with Crippen LogP contribution in [0.4, 0.5) is 8.78 Å². The van der Waals surface area contributed by atoms with Crippen LogP contribution in [-0.2, 0) is 6.42 Å². The average molecular weight is 433 g/mol. The lowest BCUT2D eigenvalue weighted by Gasteiger charge is -2.38. The first kappa shape index (κ1) is 24.7. The van der Waals surface area contributed by atoms with Crippen molar-refractivity contribution in [2.75, 3.05) is 0 Å². The molecule has 0 aliphatic heterocycles. The summed E-state index contributed by atoms with van der Waals surface area (Å²) in [5, 5.41) is 0. The molecule has 1 unspecified atom stereocenters. The fraction of sp³-hybridized carbons (Fsp3) is 0.793. The van der Waals surface area contributed by atoms with Crippen LogP contribution >= 0.6 is 0 Å². The summed E-state index contributed by atoms with van der Waals surface area (Å²) >= 11 is 0. The minimum absolute atomic E-state index is 0.207. The van der Waals surface area contributed by atoms with E-state index in [1.165, 1.54) is 70.6 Å². The van der Waals surface area contributed by atoms with Crippen LogP contribution in [0.3, 0.4) is 0 Å². The molecule has 1 aromatic rings. The third kappa shape index (κ3) is 6.78. The van der Waals surface area contributed by atoms with E-state index in [-0.39, 0.29) is 5.92 Å². The molecule has 1 aromatic carbocycles. The summed E-state index contributed by atoms with van der Waals surface area (Å²) in [6.07, 6.45) is 18.2. The number of halogens is 2. The van der Waals surface area contributed by atoms with Gasteiger partial charge in [0.1, 0.15) is 0 Å². The number of hydrogen-bond donors (Lipinski definition) is 0. The maximum absolute atomic E-state index is 15.0. The average Bonchev–Trinajstić information content (AvgIpc) is 2.78. The molecule has 0 heterocycles. The van der Waals surface area contributed by atoms with Crippen LogP contribution in [0.1, 0.15) is 128 Å². The molecule has 2 fully saturated rings. The molecule has 0 nitrogen and oxygen atoms in total. The molecular weight excluding hydrogens is 386 g/mol. The van der Waals surface area contributed by atoms with Gasteiger partial charge in [0, 0.05) is 0 Å². The van der Waals surface area contributed by atoms with Crippen LogP contribution in [0.5, 0.6) is 0 Å². The summed E-state index contributed by atoms with van der Waals surface area (Å²) in [5.74, 6) is 2.15. The number of rotatable bonds is 10. The third-order valence-corrected chi connectivity index (χ3v) is 8.53. The van der Waals surface area contributed by atoms with Crippen molar-refractivity contribution in [2.24, 2.45) is 23.7 Å². The molecule has 1 atom stereocenters. The van der Waals surface area contributed by atoms with Gasteiger partial charge in [-0.25, -0.2) is 8.78 Å². The molecule has 0 bridgehead atoms. The van der Waals surface area contributed by atoms with E-state index in [4.69, 9.17) is 0 Å². The summed E-state index contributed by atoms with van der Waals surface area (Å²) in [5.41, 5.74) is 1.22. The summed E-state index contributed by atoms with van der Waals surface area (Å²) in [7, 11) is 0. The Bertz CT molecular complexity index is 651. The molecule has 31 heavy (non-hydrogen) atoms. The first-order valence-electron chi connectivity index (χ1n) is 13.5. The van der Waals surface area contributed by atoms with E-state index in [0.29, 0.717) is 23.5 Å². The molecule has 0 saturated heterocycles. The normalized spacial score (nSPS) is 27.9. The largest absolute Gasteiger partial charge is 0.203 e. The second kappa shape index (κ2) is 12.4. The highest BCUT2D eigenvalue weighted by atomic mass is 19.2. The molecular formula is C29H46F2. The number of unbranched alkanes of at least 4 members (excludes halogenated alkanes) is 2. The van der Waals surface area contributed by atoms with Crippen molar-refractivity contribution in [1.82, 2.24) is 0 Å². The van der Waals surface area contributed by atoms with E-state index < -0.39 is 11.6 Å². The monoisotopic (exact) mass is 432 g/mol. The Labute approximate surface area is 190 Å². The highest BCUT2D eigenvalue weighted by molar-refractivity contribution is 5.29. The summed E-state index contributed by atoms with van der Waals surface area (Å²) in [6.45, 7) is 6.66. The van der Waals surface area contributed by atoms with Crippen molar-refractivity contribution in [3.05, 3.63) is 34.9 Å². The predicted molar refractivity (Wildman–Crippen MR) is 128 cm³/mol. The summed E-state index contributed by atoms with van der Waals surface area (Å²) in [6, 6.07) is 3.79. The van der Waals surface area contributed by atoms with E-state index in [1.54, 1.807) is 0 Å². The second-order valence-electron chi connectivity index (χ2n) is 10.9. The first-order chi connectivity index (χ1) is 15.0. The van der Waals surface area contributed by atoms with Gasteiger partial charge in [-0.2, -0.15) is 0 Å². The highest BCUT2D eigenvalue weighted by Crippen LogP contribution is 2.45. The van der Waals surface area contributed by atoms with Gasteiger partial charge in [0.25, 0.3) is 0 Å². The van der Waals surface area contributed by atoms with Gasteiger partial charge in [-0.15, -0.1) is 0 Å². The SMILES string of the molecule is CCCCCC(C)Cc1ccc(C2CCC(C3CCC(CCC)CC3)CC2)c(F)c1F. The number of hydrogen-bond acceptors (Lipinski definition) is 0. The van der Waals surface area contributed by atoms with Gasteiger partial charge in [0.15, 0.2) is 11.6 Å². The maximum atomic E-state index is 15.0. The molecule has 2 aliphatic carbocycles. The van der Waals surface area contributed by atoms with Crippen LogP contribution in [-0.4, -0.2) is 0 Å². The van der Waals surface area contributed by atoms with E-state index in [1.807, 2.05) is 12.1 Å². The van der Waals surface area contributed by atoms with Gasteiger partial charge in [-0.05, 0) is 85.7 Å². The first-order valence-corrected chi connectivity index (χ1v) is 13.5. The lowest BCUT2D eigenvalue weighted by Crippen LogP contribution is -2.25. The smallest absolute Gasteiger partial charge is 0.162 e. The lowest BCUT2D eigenvalue weighted by molar-refractivity contribution is 0.156.